The average Bonchev–Trinajstić information content (AvgIpc) is 2.89. The van der Waals surface area contributed by atoms with Crippen molar-refractivity contribution in [2.75, 3.05) is 0 Å². The molecule has 3 rings (SSSR count). The molecule has 0 aliphatic carbocycles. The molecular weight excluding hydrogens is 379 g/mol. The lowest BCUT2D eigenvalue weighted by atomic mass is 10.2. The van der Waals surface area contributed by atoms with Gasteiger partial charge in [0.1, 0.15) is 18.1 Å². The molecule has 0 saturated heterocycles. The number of nitrogens with zero attached hydrogens (tertiary/aromatic N) is 2. The first-order valence-corrected chi connectivity index (χ1v) is 7.56. The molecule has 5 heteroatoms. The summed E-state index contributed by atoms with van der Waals surface area (Å²) in [5.41, 5.74) is 1.74. The van der Waals surface area contributed by atoms with Gasteiger partial charge in [0.25, 0.3) is 0 Å². The van der Waals surface area contributed by atoms with Gasteiger partial charge in [0.2, 0.25) is 11.8 Å². The van der Waals surface area contributed by atoms with Crippen LogP contribution in [0.2, 0.25) is 0 Å². The Labute approximate surface area is 136 Å². The van der Waals surface area contributed by atoms with Gasteiger partial charge in [0.15, 0.2) is 0 Å². The van der Waals surface area contributed by atoms with Crippen molar-refractivity contribution >= 4 is 22.6 Å². The minimum atomic E-state index is 0.343. The maximum atomic E-state index is 5.70. The van der Waals surface area contributed by atoms with Crippen molar-refractivity contribution in [3.63, 3.8) is 0 Å². The van der Waals surface area contributed by atoms with E-state index in [1.807, 2.05) is 49.4 Å². The Morgan fingerprint density at radius 2 is 1.95 bits per heavy atom. The molecule has 2 aromatic heterocycles. The fraction of sp³-hybridized carbons (Fsp3) is 0.125. The van der Waals surface area contributed by atoms with Gasteiger partial charge in [-0.15, -0.1) is 0 Å². The van der Waals surface area contributed by atoms with Gasteiger partial charge in [-0.05, 0) is 47.7 Å². The molecule has 0 bridgehead atoms. The standard InChI is InChI=1S/C16H13IN2O2/c1-11-14(10-20-15-8-7-13(17)9-18-15)19-16(21-11)12-5-3-2-4-6-12/h2-9H,10H2,1H3. The maximum Gasteiger partial charge on any atom is 0.226 e. The number of halogens is 1. The van der Waals surface area contributed by atoms with E-state index in [0.29, 0.717) is 18.4 Å². The minimum absolute atomic E-state index is 0.343. The van der Waals surface area contributed by atoms with E-state index in [1.165, 1.54) is 0 Å². The molecule has 0 aliphatic rings. The number of aryl methyl sites for hydroxylation is 1. The van der Waals surface area contributed by atoms with Crippen LogP contribution in [-0.4, -0.2) is 9.97 Å². The molecule has 0 fully saturated rings. The third-order valence-corrected chi connectivity index (χ3v) is 3.61. The number of ether oxygens (including phenoxy) is 1. The number of hydrogen-bond acceptors (Lipinski definition) is 4. The lowest BCUT2D eigenvalue weighted by Gasteiger charge is -2.02. The normalized spacial score (nSPS) is 10.6. The van der Waals surface area contributed by atoms with Gasteiger partial charge in [0.05, 0.1) is 0 Å². The molecule has 3 aromatic rings. The van der Waals surface area contributed by atoms with Crippen molar-refractivity contribution in [3.05, 3.63) is 63.7 Å². The van der Waals surface area contributed by atoms with E-state index >= 15 is 0 Å². The van der Waals surface area contributed by atoms with Crippen molar-refractivity contribution in [2.45, 2.75) is 13.5 Å². The largest absolute Gasteiger partial charge is 0.471 e. The number of aromatic nitrogens is 2. The quantitative estimate of drug-likeness (QED) is 0.624. The SMILES string of the molecule is Cc1oc(-c2ccccc2)nc1COc1ccc(I)cn1. The van der Waals surface area contributed by atoms with Crippen LogP contribution in [0, 0.1) is 10.5 Å². The lowest BCUT2D eigenvalue weighted by molar-refractivity contribution is 0.287. The van der Waals surface area contributed by atoms with Crippen molar-refractivity contribution < 1.29 is 9.15 Å². The summed E-state index contributed by atoms with van der Waals surface area (Å²) in [6.45, 7) is 2.23. The van der Waals surface area contributed by atoms with Crippen molar-refractivity contribution in [1.82, 2.24) is 9.97 Å². The van der Waals surface area contributed by atoms with Crippen LogP contribution in [0.25, 0.3) is 11.5 Å². The van der Waals surface area contributed by atoms with E-state index in [4.69, 9.17) is 9.15 Å². The monoisotopic (exact) mass is 392 g/mol. The van der Waals surface area contributed by atoms with Crippen LogP contribution in [0.5, 0.6) is 5.88 Å². The van der Waals surface area contributed by atoms with Gasteiger partial charge in [-0.2, -0.15) is 0 Å². The lowest BCUT2D eigenvalue weighted by Crippen LogP contribution is -1.99. The molecule has 21 heavy (non-hydrogen) atoms. The Morgan fingerprint density at radius 3 is 2.67 bits per heavy atom. The Kier molecular flexibility index (Phi) is 4.19. The molecule has 0 radical (unpaired) electrons. The summed E-state index contributed by atoms with van der Waals surface area (Å²) in [4.78, 5) is 8.69. The minimum Gasteiger partial charge on any atom is -0.471 e. The van der Waals surface area contributed by atoms with E-state index in [9.17, 15) is 0 Å². The molecular formula is C16H13IN2O2. The van der Waals surface area contributed by atoms with E-state index in [0.717, 1.165) is 20.6 Å². The molecule has 0 unspecified atom stereocenters. The highest BCUT2D eigenvalue weighted by Gasteiger charge is 2.11. The van der Waals surface area contributed by atoms with Crippen molar-refractivity contribution in [3.8, 4) is 17.3 Å². The first-order valence-electron chi connectivity index (χ1n) is 6.48. The fourth-order valence-corrected chi connectivity index (χ4v) is 2.18. The van der Waals surface area contributed by atoms with Crippen LogP contribution in [0.15, 0.2) is 53.1 Å². The number of oxazole rings is 1. The van der Waals surface area contributed by atoms with Crippen LogP contribution in [0.3, 0.4) is 0 Å². The summed E-state index contributed by atoms with van der Waals surface area (Å²) in [7, 11) is 0. The predicted molar refractivity (Wildman–Crippen MR) is 88.0 cm³/mol. The third-order valence-electron chi connectivity index (χ3n) is 2.97. The van der Waals surface area contributed by atoms with E-state index < -0.39 is 0 Å². The van der Waals surface area contributed by atoms with Gasteiger partial charge in [-0.1, -0.05) is 18.2 Å². The number of pyridine rings is 1. The van der Waals surface area contributed by atoms with E-state index in [2.05, 4.69) is 32.6 Å². The third kappa shape index (κ3) is 3.41. The predicted octanol–water partition coefficient (Wildman–Crippen LogP) is 4.23. The van der Waals surface area contributed by atoms with Gasteiger partial charge in [-0.3, -0.25) is 0 Å². The summed E-state index contributed by atoms with van der Waals surface area (Å²) in [5, 5.41) is 0. The molecule has 106 valence electrons. The van der Waals surface area contributed by atoms with Gasteiger partial charge >= 0.3 is 0 Å². The topological polar surface area (TPSA) is 48.2 Å². The second-order valence-electron chi connectivity index (χ2n) is 4.49. The highest BCUT2D eigenvalue weighted by Crippen LogP contribution is 2.22. The smallest absolute Gasteiger partial charge is 0.226 e. The zero-order chi connectivity index (χ0) is 14.7. The number of benzene rings is 1. The molecule has 0 atom stereocenters. The van der Waals surface area contributed by atoms with Gasteiger partial charge < -0.3 is 9.15 Å². The molecule has 0 spiro atoms. The Hall–Kier alpha value is -1.89. The summed E-state index contributed by atoms with van der Waals surface area (Å²) in [5.74, 6) is 1.96. The first-order chi connectivity index (χ1) is 10.2. The molecule has 4 nitrogen and oxygen atoms in total. The van der Waals surface area contributed by atoms with Crippen LogP contribution in [-0.2, 0) is 6.61 Å². The molecule has 0 amide bonds. The zero-order valence-electron chi connectivity index (χ0n) is 11.4. The average molecular weight is 392 g/mol. The maximum absolute atomic E-state index is 5.70. The molecule has 0 aliphatic heterocycles. The molecule has 0 saturated carbocycles. The highest BCUT2D eigenvalue weighted by molar-refractivity contribution is 14.1. The Morgan fingerprint density at radius 1 is 1.14 bits per heavy atom. The van der Waals surface area contributed by atoms with Gasteiger partial charge in [0, 0.05) is 21.4 Å². The zero-order valence-corrected chi connectivity index (χ0v) is 13.6. The Bertz CT molecular complexity index is 724. The van der Waals surface area contributed by atoms with E-state index in [-0.39, 0.29) is 0 Å². The van der Waals surface area contributed by atoms with Crippen LogP contribution >= 0.6 is 22.6 Å². The summed E-state index contributed by atoms with van der Waals surface area (Å²) >= 11 is 2.21. The Balaban J connectivity index is 1.74. The second-order valence-corrected chi connectivity index (χ2v) is 5.74. The number of rotatable bonds is 4. The first kappa shape index (κ1) is 14.1. The molecule has 1 aromatic carbocycles. The van der Waals surface area contributed by atoms with Gasteiger partial charge in [-0.25, -0.2) is 9.97 Å². The summed E-state index contributed by atoms with van der Waals surface area (Å²) < 4.78 is 12.4. The van der Waals surface area contributed by atoms with Crippen LogP contribution in [0.4, 0.5) is 0 Å². The number of hydrogen-bond donors (Lipinski definition) is 0. The summed E-state index contributed by atoms with van der Waals surface area (Å²) in [6, 6.07) is 13.6. The molecule has 0 N–H and O–H groups in total. The second kappa shape index (κ2) is 6.26. The fourth-order valence-electron chi connectivity index (χ4n) is 1.86. The van der Waals surface area contributed by atoms with Crippen molar-refractivity contribution in [2.24, 2.45) is 0 Å². The molecule has 2 heterocycles. The summed E-state index contributed by atoms with van der Waals surface area (Å²) in [6.07, 6.45) is 1.76. The van der Waals surface area contributed by atoms with Crippen LogP contribution in [0.1, 0.15) is 11.5 Å². The van der Waals surface area contributed by atoms with Crippen LogP contribution < -0.4 is 4.74 Å². The van der Waals surface area contributed by atoms with Crippen molar-refractivity contribution in [1.29, 1.82) is 0 Å². The van der Waals surface area contributed by atoms with E-state index in [1.54, 1.807) is 6.20 Å². The highest BCUT2D eigenvalue weighted by atomic mass is 127.